The van der Waals surface area contributed by atoms with E-state index in [2.05, 4.69) is 0 Å². The number of hydrogen-bond acceptors (Lipinski definition) is 4. The van der Waals surface area contributed by atoms with E-state index in [-0.39, 0.29) is 17.6 Å². The third-order valence-electron chi connectivity index (χ3n) is 4.27. The fourth-order valence-electron chi connectivity index (χ4n) is 3.27. The van der Waals surface area contributed by atoms with Crippen molar-refractivity contribution in [2.45, 2.75) is 51.7 Å². The Balaban J connectivity index is 2.08. The van der Waals surface area contributed by atoms with E-state index in [0.29, 0.717) is 6.54 Å². The Hall–Kier alpha value is -0.810. The third-order valence-corrected chi connectivity index (χ3v) is 4.27. The smallest absolute Gasteiger partial charge is 0.410 e. The van der Waals surface area contributed by atoms with Gasteiger partial charge in [-0.2, -0.15) is 0 Å². The van der Waals surface area contributed by atoms with Crippen LogP contribution in [0.5, 0.6) is 0 Å². The van der Waals surface area contributed by atoms with Crippen LogP contribution in [-0.4, -0.2) is 48.9 Å². The summed E-state index contributed by atoms with van der Waals surface area (Å²) >= 11 is 0. The molecule has 110 valence electrons. The molecule has 5 heteroatoms. The van der Waals surface area contributed by atoms with Gasteiger partial charge in [-0.3, -0.25) is 0 Å². The average Bonchev–Trinajstić information content (AvgIpc) is 2.66. The van der Waals surface area contributed by atoms with Crippen molar-refractivity contribution in [2.24, 2.45) is 11.1 Å². The molecule has 2 saturated heterocycles. The van der Waals surface area contributed by atoms with Crippen LogP contribution in [0.4, 0.5) is 4.79 Å². The van der Waals surface area contributed by atoms with Gasteiger partial charge in [-0.1, -0.05) is 0 Å². The number of hydrogen-bond donors (Lipinski definition) is 1. The van der Waals surface area contributed by atoms with Crippen molar-refractivity contribution >= 4 is 6.09 Å². The maximum Gasteiger partial charge on any atom is 0.410 e. The number of rotatable bonds is 1. The molecule has 0 radical (unpaired) electrons. The van der Waals surface area contributed by atoms with E-state index < -0.39 is 5.60 Å². The molecule has 2 fully saturated rings. The molecule has 0 aromatic carbocycles. The minimum atomic E-state index is -0.457. The molecule has 2 N–H and O–H groups in total. The Morgan fingerprint density at radius 2 is 2.00 bits per heavy atom. The molecule has 0 aromatic heterocycles. The van der Waals surface area contributed by atoms with Crippen molar-refractivity contribution in [3.05, 3.63) is 0 Å². The van der Waals surface area contributed by atoms with Gasteiger partial charge in [-0.15, -0.1) is 0 Å². The topological polar surface area (TPSA) is 64.8 Å². The highest BCUT2D eigenvalue weighted by Crippen LogP contribution is 2.44. The lowest BCUT2D eigenvalue weighted by Gasteiger charge is -2.40. The van der Waals surface area contributed by atoms with Crippen molar-refractivity contribution in [1.29, 1.82) is 0 Å². The summed E-state index contributed by atoms with van der Waals surface area (Å²) < 4.78 is 10.9. The van der Waals surface area contributed by atoms with Gasteiger partial charge in [0.2, 0.25) is 0 Å². The van der Waals surface area contributed by atoms with Gasteiger partial charge in [-0.25, -0.2) is 4.79 Å². The minimum absolute atomic E-state index is 0.0891. The van der Waals surface area contributed by atoms with Crippen molar-refractivity contribution in [1.82, 2.24) is 4.90 Å². The zero-order valence-electron chi connectivity index (χ0n) is 12.3. The molecule has 2 aliphatic heterocycles. The van der Waals surface area contributed by atoms with E-state index in [1.165, 1.54) is 0 Å². The van der Waals surface area contributed by atoms with Gasteiger partial charge in [0, 0.05) is 26.3 Å². The lowest BCUT2D eigenvalue weighted by Crippen LogP contribution is -2.50. The van der Waals surface area contributed by atoms with Gasteiger partial charge in [-0.05, 0) is 45.4 Å². The largest absolute Gasteiger partial charge is 0.444 e. The summed E-state index contributed by atoms with van der Waals surface area (Å²) in [6.45, 7) is 8.47. The summed E-state index contributed by atoms with van der Waals surface area (Å²) in [5, 5.41) is 0. The number of carbonyl (C=O) groups is 1. The standard InChI is InChI=1S/C14H26N2O3/c1-13(2,3)19-12(17)16-7-4-14(11(16)10-15)5-8-18-9-6-14/h11H,4-10,15H2,1-3H3. The quantitative estimate of drug-likeness (QED) is 0.788. The van der Waals surface area contributed by atoms with Gasteiger partial charge in [0.15, 0.2) is 0 Å². The lowest BCUT2D eigenvalue weighted by atomic mass is 9.74. The second-order valence-corrected chi connectivity index (χ2v) is 6.65. The third kappa shape index (κ3) is 3.03. The normalized spacial score (nSPS) is 26.7. The first-order valence-corrected chi connectivity index (χ1v) is 7.15. The van der Waals surface area contributed by atoms with Gasteiger partial charge in [0.1, 0.15) is 5.60 Å². The zero-order chi connectivity index (χ0) is 14.1. The van der Waals surface area contributed by atoms with E-state index in [9.17, 15) is 4.79 Å². The Kier molecular flexibility index (Phi) is 4.06. The molecule has 0 saturated carbocycles. The lowest BCUT2D eigenvalue weighted by molar-refractivity contribution is -0.0138. The van der Waals surface area contributed by atoms with Crippen molar-refractivity contribution < 1.29 is 14.3 Å². The maximum absolute atomic E-state index is 12.3. The monoisotopic (exact) mass is 270 g/mol. The van der Waals surface area contributed by atoms with E-state index >= 15 is 0 Å². The predicted molar refractivity (Wildman–Crippen MR) is 72.9 cm³/mol. The molecule has 19 heavy (non-hydrogen) atoms. The summed E-state index contributed by atoms with van der Waals surface area (Å²) in [5.74, 6) is 0. The molecule has 5 nitrogen and oxygen atoms in total. The van der Waals surface area contributed by atoms with Crippen LogP contribution >= 0.6 is 0 Å². The van der Waals surface area contributed by atoms with Crippen molar-refractivity contribution in [3.63, 3.8) is 0 Å². The van der Waals surface area contributed by atoms with Crippen LogP contribution in [0.3, 0.4) is 0 Å². The summed E-state index contributed by atoms with van der Waals surface area (Å²) in [6.07, 6.45) is 2.77. The molecule has 0 aromatic rings. The van der Waals surface area contributed by atoms with E-state index in [0.717, 1.165) is 39.0 Å². The van der Waals surface area contributed by atoms with Crippen LogP contribution in [-0.2, 0) is 9.47 Å². The highest BCUT2D eigenvalue weighted by Gasteiger charge is 2.49. The number of ether oxygens (including phenoxy) is 2. The second kappa shape index (κ2) is 5.29. The number of amides is 1. The summed E-state index contributed by atoms with van der Waals surface area (Å²) in [7, 11) is 0. The molecule has 2 heterocycles. The first kappa shape index (κ1) is 14.6. The van der Waals surface area contributed by atoms with Crippen LogP contribution < -0.4 is 5.73 Å². The van der Waals surface area contributed by atoms with Crippen LogP contribution in [0.2, 0.25) is 0 Å². The SMILES string of the molecule is CC(C)(C)OC(=O)N1CCC2(CCOCC2)C1CN. The van der Waals surface area contributed by atoms with E-state index in [1.807, 2.05) is 25.7 Å². The highest BCUT2D eigenvalue weighted by molar-refractivity contribution is 5.69. The van der Waals surface area contributed by atoms with Crippen LogP contribution in [0, 0.1) is 5.41 Å². The average molecular weight is 270 g/mol. The Labute approximate surface area is 115 Å². The number of carbonyl (C=O) groups excluding carboxylic acids is 1. The van der Waals surface area contributed by atoms with Crippen molar-refractivity contribution in [3.8, 4) is 0 Å². The van der Waals surface area contributed by atoms with Crippen LogP contribution in [0.1, 0.15) is 40.0 Å². The molecule has 0 bridgehead atoms. The highest BCUT2D eigenvalue weighted by atomic mass is 16.6. The zero-order valence-corrected chi connectivity index (χ0v) is 12.3. The minimum Gasteiger partial charge on any atom is -0.444 e. The molecule has 2 aliphatic rings. The molecular weight excluding hydrogens is 244 g/mol. The van der Waals surface area contributed by atoms with E-state index in [1.54, 1.807) is 0 Å². The first-order valence-electron chi connectivity index (χ1n) is 7.15. The Morgan fingerprint density at radius 3 is 2.53 bits per heavy atom. The Morgan fingerprint density at radius 1 is 1.37 bits per heavy atom. The fraction of sp³-hybridized carbons (Fsp3) is 0.929. The van der Waals surface area contributed by atoms with Crippen molar-refractivity contribution in [2.75, 3.05) is 26.3 Å². The second-order valence-electron chi connectivity index (χ2n) is 6.65. The molecule has 1 amide bonds. The molecule has 1 unspecified atom stereocenters. The van der Waals surface area contributed by atoms with Crippen LogP contribution in [0.25, 0.3) is 0 Å². The molecule has 0 aliphatic carbocycles. The Bertz CT molecular complexity index is 332. The molecule has 2 rings (SSSR count). The van der Waals surface area contributed by atoms with Gasteiger partial charge in [0.25, 0.3) is 0 Å². The number of nitrogens with two attached hydrogens (primary N) is 1. The number of nitrogens with zero attached hydrogens (tertiary/aromatic N) is 1. The van der Waals surface area contributed by atoms with Gasteiger partial charge >= 0.3 is 6.09 Å². The molecule has 1 spiro atoms. The van der Waals surface area contributed by atoms with E-state index in [4.69, 9.17) is 15.2 Å². The fourth-order valence-corrected chi connectivity index (χ4v) is 3.27. The summed E-state index contributed by atoms with van der Waals surface area (Å²) in [5.41, 5.74) is 5.63. The maximum atomic E-state index is 12.3. The first-order chi connectivity index (χ1) is 8.88. The van der Waals surface area contributed by atoms with Gasteiger partial charge in [0.05, 0.1) is 6.04 Å². The van der Waals surface area contributed by atoms with Gasteiger partial charge < -0.3 is 20.1 Å². The number of likely N-dealkylation sites (tertiary alicyclic amines) is 1. The molecule has 1 atom stereocenters. The summed E-state index contributed by atoms with van der Waals surface area (Å²) in [4.78, 5) is 14.1. The van der Waals surface area contributed by atoms with Crippen LogP contribution in [0.15, 0.2) is 0 Å². The predicted octanol–water partition coefficient (Wildman–Crippen LogP) is 1.75. The molecular formula is C14H26N2O3. The summed E-state index contributed by atoms with van der Waals surface area (Å²) in [6, 6.07) is 0.0891.